The fourth-order valence-electron chi connectivity index (χ4n) is 4.35. The molecule has 1 unspecified atom stereocenters. The van der Waals surface area contributed by atoms with Crippen LogP contribution < -0.4 is 16.0 Å². The quantitative estimate of drug-likeness (QED) is 0.0924. The molecule has 5 rings (SSSR count). The van der Waals surface area contributed by atoms with E-state index in [4.69, 9.17) is 5.11 Å². The standard InChI is InChI=1S/C34H28N4O5S/c1-21(31(39)36-25-16-14-23(15-17-25)34(42)43)44-27-11-7-10-26(19-27)37-33(41)30(38-32(40)22-8-3-2-4-9-22)18-24-20-35-29-13-6-5-12-28(24)29/h2-21,35H,1H3,(H,36,39)(H,37,41)(H,38,40)(H,42,43)/b30-18-. The van der Waals surface area contributed by atoms with Crippen LogP contribution >= 0.6 is 11.8 Å². The Morgan fingerprint density at radius 1 is 0.795 bits per heavy atom. The molecule has 0 aliphatic carbocycles. The van der Waals surface area contributed by atoms with Crippen molar-refractivity contribution in [2.24, 2.45) is 0 Å². The minimum Gasteiger partial charge on any atom is -0.478 e. The fraction of sp³-hybridized carbons (Fsp3) is 0.0588. The molecule has 220 valence electrons. The number of carboxylic acids is 1. The number of aromatic nitrogens is 1. The zero-order chi connectivity index (χ0) is 31.1. The molecule has 0 spiro atoms. The lowest BCUT2D eigenvalue weighted by molar-refractivity contribution is -0.115. The first-order valence-electron chi connectivity index (χ1n) is 13.6. The largest absolute Gasteiger partial charge is 0.478 e. The van der Waals surface area contributed by atoms with Crippen LogP contribution in [0, 0.1) is 0 Å². The van der Waals surface area contributed by atoms with E-state index in [1.54, 1.807) is 67.7 Å². The molecular formula is C34H28N4O5S. The van der Waals surface area contributed by atoms with Crippen LogP contribution in [0.15, 0.2) is 120 Å². The number of anilines is 2. The van der Waals surface area contributed by atoms with Gasteiger partial charge in [0.25, 0.3) is 11.8 Å². The molecule has 5 N–H and O–H groups in total. The number of carbonyl (C=O) groups is 4. The molecule has 0 saturated heterocycles. The first-order valence-corrected chi connectivity index (χ1v) is 14.5. The second-order valence-corrected chi connectivity index (χ2v) is 11.2. The Balaban J connectivity index is 1.31. The van der Waals surface area contributed by atoms with E-state index < -0.39 is 23.0 Å². The summed E-state index contributed by atoms with van der Waals surface area (Å²) in [6.07, 6.45) is 3.40. The normalized spacial score (nSPS) is 11.9. The summed E-state index contributed by atoms with van der Waals surface area (Å²) in [4.78, 5) is 54.3. The van der Waals surface area contributed by atoms with Crippen LogP contribution in [-0.2, 0) is 9.59 Å². The fourth-order valence-corrected chi connectivity index (χ4v) is 5.28. The van der Waals surface area contributed by atoms with E-state index in [9.17, 15) is 19.2 Å². The van der Waals surface area contributed by atoms with Gasteiger partial charge in [-0.2, -0.15) is 0 Å². The summed E-state index contributed by atoms with van der Waals surface area (Å²) in [5.74, 6) is -2.25. The van der Waals surface area contributed by atoms with Crippen molar-refractivity contribution >= 4 is 63.8 Å². The average molecular weight is 605 g/mol. The number of hydrogen-bond donors (Lipinski definition) is 5. The number of thioether (sulfide) groups is 1. The highest BCUT2D eigenvalue weighted by Crippen LogP contribution is 2.27. The van der Waals surface area contributed by atoms with Crippen molar-refractivity contribution in [1.82, 2.24) is 10.3 Å². The molecule has 1 aromatic heterocycles. The maximum absolute atomic E-state index is 13.5. The summed E-state index contributed by atoms with van der Waals surface area (Å²) in [6, 6.07) is 29.3. The number of carboxylic acid groups (broad SMARTS) is 1. The molecule has 3 amide bonds. The molecule has 10 heteroatoms. The Bertz CT molecular complexity index is 1870. The number of nitrogens with one attached hydrogen (secondary N) is 4. The highest BCUT2D eigenvalue weighted by molar-refractivity contribution is 8.00. The van der Waals surface area contributed by atoms with Crippen molar-refractivity contribution in [3.8, 4) is 0 Å². The highest BCUT2D eigenvalue weighted by Gasteiger charge is 2.18. The lowest BCUT2D eigenvalue weighted by atomic mass is 10.1. The molecule has 4 aromatic carbocycles. The highest BCUT2D eigenvalue weighted by atomic mass is 32.2. The third-order valence-corrected chi connectivity index (χ3v) is 7.72. The van der Waals surface area contributed by atoms with Crippen LogP contribution in [0.5, 0.6) is 0 Å². The Morgan fingerprint density at radius 3 is 2.27 bits per heavy atom. The number of benzene rings is 4. The van der Waals surface area contributed by atoms with Crippen LogP contribution in [0.25, 0.3) is 17.0 Å². The van der Waals surface area contributed by atoms with Gasteiger partial charge in [0.1, 0.15) is 5.70 Å². The van der Waals surface area contributed by atoms with Crippen molar-refractivity contribution in [3.05, 3.63) is 132 Å². The van der Waals surface area contributed by atoms with Gasteiger partial charge in [0, 0.05) is 44.5 Å². The van der Waals surface area contributed by atoms with Crippen LogP contribution in [-0.4, -0.2) is 39.0 Å². The van der Waals surface area contributed by atoms with Gasteiger partial charge in [0.15, 0.2) is 0 Å². The monoisotopic (exact) mass is 604 g/mol. The van der Waals surface area contributed by atoms with E-state index in [0.717, 1.165) is 21.4 Å². The molecule has 0 aliphatic heterocycles. The van der Waals surface area contributed by atoms with E-state index in [1.807, 2.05) is 30.3 Å². The summed E-state index contributed by atoms with van der Waals surface area (Å²) < 4.78 is 0. The van der Waals surface area contributed by atoms with E-state index in [1.165, 1.54) is 36.0 Å². The lowest BCUT2D eigenvalue weighted by Gasteiger charge is -2.14. The SMILES string of the molecule is CC(Sc1cccc(NC(=O)/C(=C/c2c[nH]c3ccccc23)NC(=O)c2ccccc2)c1)C(=O)Nc1ccc(C(=O)O)cc1. The molecule has 0 fully saturated rings. The Kier molecular flexibility index (Phi) is 9.22. The Labute approximate surface area is 257 Å². The summed E-state index contributed by atoms with van der Waals surface area (Å²) in [5, 5.41) is 17.9. The molecule has 0 saturated carbocycles. The van der Waals surface area contributed by atoms with E-state index >= 15 is 0 Å². The van der Waals surface area contributed by atoms with Gasteiger partial charge in [-0.3, -0.25) is 14.4 Å². The van der Waals surface area contributed by atoms with Gasteiger partial charge in [-0.05, 0) is 73.7 Å². The number of amides is 3. The number of rotatable bonds is 10. The van der Waals surface area contributed by atoms with Crippen molar-refractivity contribution in [2.75, 3.05) is 10.6 Å². The van der Waals surface area contributed by atoms with Crippen LogP contribution in [0.3, 0.4) is 0 Å². The number of fused-ring (bicyclic) bond motifs is 1. The maximum Gasteiger partial charge on any atom is 0.335 e. The topological polar surface area (TPSA) is 140 Å². The zero-order valence-corrected chi connectivity index (χ0v) is 24.4. The Hall–Kier alpha value is -5.61. The van der Waals surface area contributed by atoms with Gasteiger partial charge < -0.3 is 26.0 Å². The number of carbonyl (C=O) groups excluding carboxylic acids is 3. The average Bonchev–Trinajstić information content (AvgIpc) is 3.44. The molecule has 0 bridgehead atoms. The van der Waals surface area contributed by atoms with Crippen molar-refractivity contribution in [2.45, 2.75) is 17.1 Å². The van der Waals surface area contributed by atoms with Gasteiger partial charge in [-0.1, -0.05) is 42.5 Å². The number of aromatic carboxylic acids is 1. The molecule has 9 nitrogen and oxygen atoms in total. The van der Waals surface area contributed by atoms with Crippen LogP contribution in [0.4, 0.5) is 11.4 Å². The lowest BCUT2D eigenvalue weighted by Crippen LogP contribution is -2.30. The molecule has 0 radical (unpaired) electrons. The van der Waals surface area contributed by atoms with E-state index in [2.05, 4.69) is 20.9 Å². The summed E-state index contributed by atoms with van der Waals surface area (Å²) in [5.41, 5.74) is 3.20. The molecule has 0 aliphatic rings. The third kappa shape index (κ3) is 7.42. The molecule has 5 aromatic rings. The zero-order valence-electron chi connectivity index (χ0n) is 23.5. The maximum atomic E-state index is 13.5. The van der Waals surface area contributed by atoms with Gasteiger partial charge in [-0.25, -0.2) is 4.79 Å². The smallest absolute Gasteiger partial charge is 0.335 e. The summed E-state index contributed by atoms with van der Waals surface area (Å²) >= 11 is 1.30. The van der Waals surface area contributed by atoms with E-state index in [0.29, 0.717) is 16.9 Å². The molecule has 1 atom stereocenters. The summed E-state index contributed by atoms with van der Waals surface area (Å²) in [6.45, 7) is 1.75. The second-order valence-electron chi connectivity index (χ2n) is 9.78. The predicted octanol–water partition coefficient (Wildman–Crippen LogP) is 6.40. The predicted molar refractivity (Wildman–Crippen MR) is 173 cm³/mol. The number of hydrogen-bond acceptors (Lipinski definition) is 5. The molecule has 1 heterocycles. The first kappa shape index (κ1) is 29.9. The minimum absolute atomic E-state index is 0.0586. The van der Waals surface area contributed by atoms with Gasteiger partial charge in [-0.15, -0.1) is 11.8 Å². The van der Waals surface area contributed by atoms with Gasteiger partial charge in [0.05, 0.1) is 10.8 Å². The van der Waals surface area contributed by atoms with Crippen LogP contribution in [0.2, 0.25) is 0 Å². The number of para-hydroxylation sites is 1. The second kappa shape index (κ2) is 13.6. The van der Waals surface area contributed by atoms with E-state index in [-0.39, 0.29) is 17.2 Å². The van der Waals surface area contributed by atoms with Crippen molar-refractivity contribution < 1.29 is 24.3 Å². The minimum atomic E-state index is -1.04. The summed E-state index contributed by atoms with van der Waals surface area (Å²) in [7, 11) is 0. The Morgan fingerprint density at radius 2 is 1.52 bits per heavy atom. The number of H-pyrrole nitrogens is 1. The van der Waals surface area contributed by atoms with Crippen LogP contribution in [0.1, 0.15) is 33.2 Å². The van der Waals surface area contributed by atoms with Gasteiger partial charge in [0.2, 0.25) is 5.91 Å². The first-order chi connectivity index (χ1) is 21.3. The molecule has 44 heavy (non-hydrogen) atoms. The number of aromatic amines is 1. The van der Waals surface area contributed by atoms with Crippen molar-refractivity contribution in [1.29, 1.82) is 0 Å². The van der Waals surface area contributed by atoms with Gasteiger partial charge >= 0.3 is 5.97 Å². The van der Waals surface area contributed by atoms with Crippen molar-refractivity contribution in [3.63, 3.8) is 0 Å². The third-order valence-electron chi connectivity index (χ3n) is 6.62. The molecular weight excluding hydrogens is 576 g/mol.